The second-order valence-corrected chi connectivity index (χ2v) is 6.28. The SMILES string of the molecule is Cc1cccc(-c2cc(F)ccc2N(C[C@H]2CCNC2)C(=O)O)c1. The Morgan fingerprint density at radius 1 is 1.33 bits per heavy atom. The molecular weight excluding hydrogens is 307 g/mol. The van der Waals surface area contributed by atoms with Crippen molar-refractivity contribution in [2.24, 2.45) is 5.92 Å². The van der Waals surface area contributed by atoms with Crippen LogP contribution in [0.3, 0.4) is 0 Å². The van der Waals surface area contributed by atoms with Gasteiger partial charge in [-0.25, -0.2) is 9.18 Å². The van der Waals surface area contributed by atoms with E-state index in [2.05, 4.69) is 5.32 Å². The summed E-state index contributed by atoms with van der Waals surface area (Å²) >= 11 is 0. The van der Waals surface area contributed by atoms with Crippen LogP contribution in [-0.2, 0) is 0 Å². The lowest BCUT2D eigenvalue weighted by atomic mass is 10.00. The number of nitrogens with zero attached hydrogens (tertiary/aromatic N) is 1. The number of aryl methyl sites for hydroxylation is 1. The number of nitrogens with one attached hydrogen (secondary N) is 1. The molecule has 0 aromatic heterocycles. The summed E-state index contributed by atoms with van der Waals surface area (Å²) in [5.41, 5.74) is 3.00. The fourth-order valence-corrected chi connectivity index (χ4v) is 3.20. The van der Waals surface area contributed by atoms with Gasteiger partial charge in [-0.2, -0.15) is 0 Å². The van der Waals surface area contributed by atoms with E-state index in [-0.39, 0.29) is 11.7 Å². The molecule has 0 radical (unpaired) electrons. The van der Waals surface area contributed by atoms with Gasteiger partial charge in [-0.3, -0.25) is 4.90 Å². The standard InChI is InChI=1S/C19H21FN2O2/c1-13-3-2-4-15(9-13)17-10-16(20)5-6-18(17)22(19(23)24)12-14-7-8-21-11-14/h2-6,9-10,14,21H,7-8,11-12H2,1H3,(H,23,24)/t14-/m0/s1. The fourth-order valence-electron chi connectivity index (χ4n) is 3.20. The van der Waals surface area contributed by atoms with Crippen LogP contribution in [0.15, 0.2) is 42.5 Å². The molecule has 0 aliphatic carbocycles. The smallest absolute Gasteiger partial charge is 0.411 e. The quantitative estimate of drug-likeness (QED) is 0.895. The van der Waals surface area contributed by atoms with Crippen LogP contribution in [0.5, 0.6) is 0 Å². The molecule has 1 fully saturated rings. The van der Waals surface area contributed by atoms with Crippen molar-refractivity contribution in [1.29, 1.82) is 0 Å². The zero-order valence-corrected chi connectivity index (χ0v) is 13.6. The van der Waals surface area contributed by atoms with Crippen LogP contribution in [0, 0.1) is 18.7 Å². The van der Waals surface area contributed by atoms with Crippen molar-refractivity contribution in [1.82, 2.24) is 5.32 Å². The third-order valence-electron chi connectivity index (χ3n) is 4.41. The first-order valence-corrected chi connectivity index (χ1v) is 8.12. The molecular formula is C19H21FN2O2. The molecule has 24 heavy (non-hydrogen) atoms. The summed E-state index contributed by atoms with van der Waals surface area (Å²) in [7, 11) is 0. The second-order valence-electron chi connectivity index (χ2n) is 6.28. The topological polar surface area (TPSA) is 52.6 Å². The van der Waals surface area contributed by atoms with Crippen molar-refractivity contribution in [2.45, 2.75) is 13.3 Å². The fraction of sp³-hybridized carbons (Fsp3) is 0.316. The molecule has 0 spiro atoms. The number of carbonyl (C=O) groups is 1. The molecule has 1 aliphatic rings. The van der Waals surface area contributed by atoms with Gasteiger partial charge in [0.25, 0.3) is 0 Å². The van der Waals surface area contributed by atoms with Gasteiger partial charge >= 0.3 is 6.09 Å². The van der Waals surface area contributed by atoms with Gasteiger partial charge in [-0.15, -0.1) is 0 Å². The number of carboxylic acid groups (broad SMARTS) is 1. The van der Waals surface area contributed by atoms with E-state index < -0.39 is 6.09 Å². The molecule has 1 heterocycles. The van der Waals surface area contributed by atoms with E-state index in [1.807, 2.05) is 31.2 Å². The average Bonchev–Trinajstić information content (AvgIpc) is 3.06. The Morgan fingerprint density at radius 3 is 2.83 bits per heavy atom. The lowest BCUT2D eigenvalue weighted by Gasteiger charge is -2.25. The van der Waals surface area contributed by atoms with Crippen LogP contribution in [-0.4, -0.2) is 30.8 Å². The Balaban J connectivity index is 2.02. The maximum atomic E-state index is 13.8. The Hall–Kier alpha value is -2.40. The highest BCUT2D eigenvalue weighted by molar-refractivity contribution is 5.93. The number of hydrogen-bond acceptors (Lipinski definition) is 2. The molecule has 1 aliphatic heterocycles. The van der Waals surface area contributed by atoms with Gasteiger partial charge in [0.1, 0.15) is 5.82 Å². The van der Waals surface area contributed by atoms with E-state index in [1.165, 1.54) is 17.0 Å². The van der Waals surface area contributed by atoms with Crippen molar-refractivity contribution in [3.05, 3.63) is 53.8 Å². The van der Waals surface area contributed by atoms with Crippen molar-refractivity contribution < 1.29 is 14.3 Å². The van der Waals surface area contributed by atoms with E-state index in [4.69, 9.17) is 0 Å². The highest BCUT2D eigenvalue weighted by Crippen LogP contribution is 2.33. The monoisotopic (exact) mass is 328 g/mol. The van der Waals surface area contributed by atoms with Crippen LogP contribution in [0.25, 0.3) is 11.1 Å². The first kappa shape index (κ1) is 16.5. The van der Waals surface area contributed by atoms with Crippen molar-refractivity contribution in [3.63, 3.8) is 0 Å². The zero-order chi connectivity index (χ0) is 17.1. The molecule has 2 N–H and O–H groups in total. The predicted octanol–water partition coefficient (Wildman–Crippen LogP) is 3.90. The second kappa shape index (κ2) is 7.01. The number of anilines is 1. The highest BCUT2D eigenvalue weighted by atomic mass is 19.1. The number of benzene rings is 2. The molecule has 4 nitrogen and oxygen atoms in total. The molecule has 3 rings (SSSR count). The van der Waals surface area contributed by atoms with Crippen molar-refractivity contribution in [2.75, 3.05) is 24.5 Å². The summed E-state index contributed by atoms with van der Waals surface area (Å²) in [6.45, 7) is 4.09. The molecule has 0 saturated carbocycles. The minimum atomic E-state index is -1.01. The summed E-state index contributed by atoms with van der Waals surface area (Å²) in [6, 6.07) is 12.0. The summed E-state index contributed by atoms with van der Waals surface area (Å²) in [4.78, 5) is 13.2. The minimum absolute atomic E-state index is 0.275. The van der Waals surface area contributed by atoms with Crippen LogP contribution in [0.4, 0.5) is 14.9 Å². The van der Waals surface area contributed by atoms with Gasteiger partial charge < -0.3 is 10.4 Å². The summed E-state index contributed by atoms with van der Waals surface area (Å²) in [5.74, 6) is -0.0976. The maximum Gasteiger partial charge on any atom is 0.411 e. The summed E-state index contributed by atoms with van der Waals surface area (Å²) in [6.07, 6.45) is -0.0625. The molecule has 0 bridgehead atoms. The van der Waals surface area contributed by atoms with Gasteiger partial charge in [-0.1, -0.05) is 29.8 Å². The van der Waals surface area contributed by atoms with Crippen molar-refractivity contribution >= 4 is 11.8 Å². The normalized spacial score (nSPS) is 17.0. The first-order chi connectivity index (χ1) is 11.5. The first-order valence-electron chi connectivity index (χ1n) is 8.12. The molecule has 1 saturated heterocycles. The van der Waals surface area contributed by atoms with E-state index >= 15 is 0 Å². The lowest BCUT2D eigenvalue weighted by molar-refractivity contribution is 0.200. The van der Waals surface area contributed by atoms with Crippen LogP contribution < -0.4 is 10.2 Å². The Bertz CT molecular complexity index is 742. The summed E-state index contributed by atoms with van der Waals surface area (Å²) in [5, 5.41) is 12.9. The van der Waals surface area contributed by atoms with Gasteiger partial charge in [0.15, 0.2) is 0 Å². The Morgan fingerprint density at radius 2 is 2.17 bits per heavy atom. The maximum absolute atomic E-state index is 13.8. The number of rotatable bonds is 4. The van der Waals surface area contributed by atoms with Gasteiger partial charge in [0.05, 0.1) is 5.69 Å². The molecule has 5 heteroatoms. The molecule has 1 amide bonds. The van der Waals surface area contributed by atoms with Crippen LogP contribution >= 0.6 is 0 Å². The number of amides is 1. The van der Waals surface area contributed by atoms with E-state index in [1.54, 1.807) is 6.07 Å². The largest absolute Gasteiger partial charge is 0.465 e. The van der Waals surface area contributed by atoms with E-state index in [0.717, 1.165) is 30.6 Å². The average molecular weight is 328 g/mol. The molecule has 0 unspecified atom stereocenters. The lowest BCUT2D eigenvalue weighted by Crippen LogP contribution is -2.35. The molecule has 2 aromatic rings. The van der Waals surface area contributed by atoms with Crippen LogP contribution in [0.2, 0.25) is 0 Å². The molecule has 126 valence electrons. The zero-order valence-electron chi connectivity index (χ0n) is 13.6. The van der Waals surface area contributed by atoms with Gasteiger partial charge in [-0.05, 0) is 56.1 Å². The van der Waals surface area contributed by atoms with Gasteiger partial charge in [0, 0.05) is 12.1 Å². The number of hydrogen-bond donors (Lipinski definition) is 2. The number of halogens is 1. The minimum Gasteiger partial charge on any atom is -0.465 e. The molecule has 1 atom stereocenters. The van der Waals surface area contributed by atoms with Crippen LogP contribution in [0.1, 0.15) is 12.0 Å². The Kier molecular flexibility index (Phi) is 4.81. The summed E-state index contributed by atoms with van der Waals surface area (Å²) < 4.78 is 13.8. The molecule has 2 aromatic carbocycles. The third-order valence-corrected chi connectivity index (χ3v) is 4.41. The highest BCUT2D eigenvalue weighted by Gasteiger charge is 2.25. The Labute approximate surface area is 140 Å². The van der Waals surface area contributed by atoms with E-state index in [0.29, 0.717) is 17.8 Å². The van der Waals surface area contributed by atoms with Gasteiger partial charge in [0.2, 0.25) is 0 Å². The van der Waals surface area contributed by atoms with E-state index in [9.17, 15) is 14.3 Å². The van der Waals surface area contributed by atoms with Crippen molar-refractivity contribution in [3.8, 4) is 11.1 Å². The third kappa shape index (κ3) is 3.57. The predicted molar refractivity (Wildman–Crippen MR) is 92.9 cm³/mol.